The fraction of sp³-hybridized carbons (Fsp3) is 0.167. The van der Waals surface area contributed by atoms with Gasteiger partial charge in [0.1, 0.15) is 0 Å². The predicted molar refractivity (Wildman–Crippen MR) is 83.6 cm³/mol. The van der Waals surface area contributed by atoms with Crippen LogP contribution in [0.5, 0.6) is 0 Å². The molecule has 2 rings (SSSR count). The molecule has 1 aromatic heterocycles. The molecule has 17 heavy (non-hydrogen) atoms. The van der Waals surface area contributed by atoms with Gasteiger partial charge in [-0.2, -0.15) is 0 Å². The summed E-state index contributed by atoms with van der Waals surface area (Å²) in [7, 11) is 0. The van der Waals surface area contributed by atoms with Crippen molar-refractivity contribution in [1.82, 2.24) is 0 Å². The molecular weight excluding hydrogens is 407 g/mol. The van der Waals surface area contributed by atoms with Crippen molar-refractivity contribution in [3.05, 3.63) is 53.6 Å². The van der Waals surface area contributed by atoms with E-state index in [0.29, 0.717) is 0 Å². The molecular formula is C12H8Br2Cl2S. The lowest BCUT2D eigenvalue weighted by molar-refractivity contribution is 1.11. The molecule has 0 saturated heterocycles. The molecule has 0 N–H and O–H groups in total. The number of hydrogen-bond acceptors (Lipinski definition) is 1. The molecule has 0 saturated carbocycles. The van der Waals surface area contributed by atoms with E-state index >= 15 is 0 Å². The van der Waals surface area contributed by atoms with Crippen LogP contribution in [0.3, 0.4) is 0 Å². The van der Waals surface area contributed by atoms with E-state index in [1.54, 1.807) is 11.3 Å². The molecule has 0 bridgehead atoms. The van der Waals surface area contributed by atoms with Gasteiger partial charge in [-0.3, -0.25) is 0 Å². The van der Waals surface area contributed by atoms with E-state index in [4.69, 9.17) is 23.2 Å². The van der Waals surface area contributed by atoms with E-state index in [0.717, 1.165) is 29.3 Å². The molecule has 90 valence electrons. The Labute approximate surface area is 131 Å². The maximum absolute atomic E-state index is 6.52. The van der Waals surface area contributed by atoms with E-state index < -0.39 is 0 Å². The van der Waals surface area contributed by atoms with Crippen LogP contribution in [0, 0.1) is 6.92 Å². The second-order valence-electron chi connectivity index (χ2n) is 3.60. The number of benzene rings is 1. The van der Waals surface area contributed by atoms with Crippen LogP contribution in [0.15, 0.2) is 31.8 Å². The fourth-order valence-electron chi connectivity index (χ4n) is 1.59. The second-order valence-corrected chi connectivity index (χ2v) is 8.19. The van der Waals surface area contributed by atoms with Crippen molar-refractivity contribution >= 4 is 66.4 Å². The van der Waals surface area contributed by atoms with Gasteiger partial charge in [0, 0.05) is 10.6 Å². The molecule has 0 amide bonds. The lowest BCUT2D eigenvalue weighted by atomic mass is 10.0. The normalized spacial score (nSPS) is 12.8. The molecule has 0 aliphatic carbocycles. The summed E-state index contributed by atoms with van der Waals surface area (Å²) in [6, 6.07) is 7.85. The van der Waals surface area contributed by atoms with Crippen LogP contribution < -0.4 is 0 Å². The fourth-order valence-corrected chi connectivity index (χ4v) is 5.28. The summed E-state index contributed by atoms with van der Waals surface area (Å²) in [5.41, 5.74) is 3.14. The van der Waals surface area contributed by atoms with Crippen LogP contribution in [0.25, 0.3) is 0 Å². The van der Waals surface area contributed by atoms with Crippen molar-refractivity contribution in [2.24, 2.45) is 0 Å². The van der Waals surface area contributed by atoms with Crippen LogP contribution in [-0.4, -0.2) is 0 Å². The predicted octanol–water partition coefficient (Wildman–Crippen LogP) is 6.56. The van der Waals surface area contributed by atoms with Gasteiger partial charge in [-0.05, 0) is 62.0 Å². The van der Waals surface area contributed by atoms with E-state index in [1.165, 1.54) is 0 Å². The first-order chi connectivity index (χ1) is 8.00. The van der Waals surface area contributed by atoms with Crippen LogP contribution in [0.4, 0.5) is 0 Å². The minimum absolute atomic E-state index is 0.189. The van der Waals surface area contributed by atoms with Crippen LogP contribution in [0.2, 0.25) is 5.02 Å². The zero-order valence-corrected chi connectivity index (χ0v) is 14.3. The molecule has 0 nitrogen and oxygen atoms in total. The molecule has 0 radical (unpaired) electrons. The topological polar surface area (TPSA) is 0 Å². The Hall–Kier alpha value is 0.460. The maximum atomic E-state index is 6.52. The SMILES string of the molecule is Cc1c(Cl)cccc1C(Cl)c1cc(Br)sc1Br. The van der Waals surface area contributed by atoms with Crippen LogP contribution in [-0.2, 0) is 0 Å². The third-order valence-electron chi connectivity index (χ3n) is 2.54. The molecule has 2 aromatic rings. The third-order valence-corrected chi connectivity index (χ3v) is 5.80. The van der Waals surface area contributed by atoms with Gasteiger partial charge < -0.3 is 0 Å². The summed E-state index contributed by atoms with van der Waals surface area (Å²) in [4.78, 5) is 0. The van der Waals surface area contributed by atoms with Crippen molar-refractivity contribution < 1.29 is 0 Å². The van der Waals surface area contributed by atoms with Crippen molar-refractivity contribution in [3.8, 4) is 0 Å². The number of halogens is 4. The summed E-state index contributed by atoms with van der Waals surface area (Å²) in [5, 5.41) is 0.559. The lowest BCUT2D eigenvalue weighted by Gasteiger charge is -2.13. The molecule has 5 heteroatoms. The van der Waals surface area contributed by atoms with Gasteiger partial charge in [0.15, 0.2) is 0 Å². The Morgan fingerprint density at radius 1 is 1.24 bits per heavy atom. The summed E-state index contributed by atoms with van der Waals surface area (Å²) in [6.45, 7) is 1.99. The Morgan fingerprint density at radius 3 is 2.53 bits per heavy atom. The average molecular weight is 415 g/mol. The van der Waals surface area contributed by atoms with Crippen LogP contribution in [0.1, 0.15) is 22.1 Å². The van der Waals surface area contributed by atoms with Crippen molar-refractivity contribution in [3.63, 3.8) is 0 Å². The van der Waals surface area contributed by atoms with Gasteiger partial charge in [-0.15, -0.1) is 22.9 Å². The number of hydrogen-bond donors (Lipinski definition) is 0. The first-order valence-corrected chi connectivity index (χ1v) is 8.06. The van der Waals surface area contributed by atoms with Gasteiger partial charge in [-0.25, -0.2) is 0 Å². The lowest BCUT2D eigenvalue weighted by Crippen LogP contribution is -1.95. The van der Waals surface area contributed by atoms with Crippen molar-refractivity contribution in [1.29, 1.82) is 0 Å². The first kappa shape index (κ1) is 13.9. The summed E-state index contributed by atoms with van der Waals surface area (Å²) in [6.07, 6.45) is 0. The Kier molecular flexibility index (Phi) is 4.59. The highest BCUT2D eigenvalue weighted by molar-refractivity contribution is 9.12. The second kappa shape index (κ2) is 5.62. The number of rotatable bonds is 2. The highest BCUT2D eigenvalue weighted by Gasteiger charge is 2.19. The number of thiophene rings is 1. The highest BCUT2D eigenvalue weighted by atomic mass is 79.9. The van der Waals surface area contributed by atoms with Crippen molar-refractivity contribution in [2.75, 3.05) is 0 Å². The zero-order chi connectivity index (χ0) is 12.6. The van der Waals surface area contributed by atoms with Gasteiger partial charge in [-0.1, -0.05) is 23.7 Å². The summed E-state index contributed by atoms with van der Waals surface area (Å²) in [5.74, 6) is 0. The minimum Gasteiger partial charge on any atom is -0.121 e. The van der Waals surface area contributed by atoms with Gasteiger partial charge >= 0.3 is 0 Å². The third kappa shape index (κ3) is 2.90. The molecule has 1 heterocycles. The Bertz CT molecular complexity index is 551. The smallest absolute Gasteiger partial charge is 0.0858 e. The Morgan fingerprint density at radius 2 is 1.94 bits per heavy atom. The molecule has 1 atom stereocenters. The summed E-state index contributed by atoms with van der Waals surface area (Å²) < 4.78 is 2.11. The molecule has 1 aromatic carbocycles. The van der Waals surface area contributed by atoms with Gasteiger partial charge in [0.05, 0.1) is 12.9 Å². The molecule has 0 aliphatic rings. The number of alkyl halides is 1. The Balaban J connectivity index is 2.47. The molecule has 0 fully saturated rings. The molecule has 0 spiro atoms. The van der Waals surface area contributed by atoms with Crippen LogP contribution >= 0.6 is 66.4 Å². The zero-order valence-electron chi connectivity index (χ0n) is 8.81. The maximum Gasteiger partial charge on any atom is 0.0858 e. The first-order valence-electron chi connectivity index (χ1n) is 4.84. The standard InChI is InChI=1S/C12H8Br2Cl2S/c1-6-7(3-2-4-9(6)15)11(16)8-5-10(13)17-12(8)14/h2-5,11H,1H3. The quantitative estimate of drug-likeness (QED) is 0.488. The summed E-state index contributed by atoms with van der Waals surface area (Å²) >= 11 is 21.2. The van der Waals surface area contributed by atoms with E-state index in [9.17, 15) is 0 Å². The van der Waals surface area contributed by atoms with E-state index in [2.05, 4.69) is 31.9 Å². The van der Waals surface area contributed by atoms with Gasteiger partial charge in [0.2, 0.25) is 0 Å². The van der Waals surface area contributed by atoms with Gasteiger partial charge in [0.25, 0.3) is 0 Å². The van der Waals surface area contributed by atoms with Crippen molar-refractivity contribution in [2.45, 2.75) is 12.3 Å². The average Bonchev–Trinajstić information content (AvgIpc) is 2.61. The highest BCUT2D eigenvalue weighted by Crippen LogP contribution is 2.42. The minimum atomic E-state index is -0.189. The molecule has 0 aliphatic heterocycles. The van der Waals surface area contributed by atoms with E-state index in [-0.39, 0.29) is 5.38 Å². The molecule has 1 unspecified atom stereocenters. The largest absolute Gasteiger partial charge is 0.121 e. The monoisotopic (exact) mass is 412 g/mol. The van der Waals surface area contributed by atoms with E-state index in [1.807, 2.05) is 31.2 Å².